The predicted molar refractivity (Wildman–Crippen MR) is 89.0 cm³/mol. The Kier molecular flexibility index (Phi) is 2.55. The third-order valence-electron chi connectivity index (χ3n) is 3.96. The Morgan fingerprint density at radius 1 is 1.12 bits per heavy atom. The van der Waals surface area contributed by atoms with Gasteiger partial charge < -0.3 is 4.98 Å². The fourth-order valence-corrected chi connectivity index (χ4v) is 2.78. The SMILES string of the molecule is Cn1cc(-c2cc3c(-c4nc5ccncc5[nH]4)n[nH]c3cn2)cn1. The summed E-state index contributed by atoms with van der Waals surface area (Å²) in [5.74, 6) is 0.701. The molecule has 0 aliphatic rings. The molecular formula is C16H12N8. The van der Waals surface area contributed by atoms with Gasteiger partial charge >= 0.3 is 0 Å². The number of aryl methyl sites for hydroxylation is 1. The van der Waals surface area contributed by atoms with Gasteiger partial charge in [0.2, 0.25) is 0 Å². The second-order valence-electron chi connectivity index (χ2n) is 5.57. The van der Waals surface area contributed by atoms with Crippen LogP contribution in [-0.2, 0) is 7.05 Å². The van der Waals surface area contributed by atoms with E-state index in [1.165, 1.54) is 0 Å². The van der Waals surface area contributed by atoms with Crippen LogP contribution < -0.4 is 0 Å². The third-order valence-corrected chi connectivity index (χ3v) is 3.96. The minimum Gasteiger partial charge on any atom is -0.335 e. The van der Waals surface area contributed by atoms with E-state index >= 15 is 0 Å². The van der Waals surface area contributed by atoms with Gasteiger partial charge in [-0.2, -0.15) is 10.2 Å². The molecular weight excluding hydrogens is 304 g/mol. The first-order valence-electron chi connectivity index (χ1n) is 7.41. The maximum Gasteiger partial charge on any atom is 0.159 e. The number of nitrogens with one attached hydrogen (secondary N) is 2. The van der Waals surface area contributed by atoms with Gasteiger partial charge in [-0.3, -0.25) is 19.7 Å². The van der Waals surface area contributed by atoms with Gasteiger partial charge in [-0.25, -0.2) is 4.98 Å². The van der Waals surface area contributed by atoms with Crippen molar-refractivity contribution in [1.82, 2.24) is 39.9 Å². The van der Waals surface area contributed by atoms with Gasteiger partial charge in [0, 0.05) is 30.4 Å². The Morgan fingerprint density at radius 2 is 2.08 bits per heavy atom. The number of aromatic nitrogens is 8. The molecule has 0 aromatic carbocycles. The average Bonchev–Trinajstić information content (AvgIpc) is 3.30. The molecule has 116 valence electrons. The first-order chi connectivity index (χ1) is 11.8. The number of nitrogens with zero attached hydrogens (tertiary/aromatic N) is 6. The summed E-state index contributed by atoms with van der Waals surface area (Å²) in [6.07, 6.45) is 8.98. The van der Waals surface area contributed by atoms with Crippen molar-refractivity contribution >= 4 is 21.9 Å². The van der Waals surface area contributed by atoms with Crippen molar-refractivity contribution < 1.29 is 0 Å². The summed E-state index contributed by atoms with van der Waals surface area (Å²) in [5.41, 5.74) is 5.16. The lowest BCUT2D eigenvalue weighted by molar-refractivity contribution is 0.768. The summed E-state index contributed by atoms with van der Waals surface area (Å²) in [4.78, 5) is 16.4. The molecule has 0 saturated heterocycles. The van der Waals surface area contributed by atoms with Gasteiger partial charge in [0.25, 0.3) is 0 Å². The van der Waals surface area contributed by atoms with E-state index in [1.807, 2.05) is 25.4 Å². The lowest BCUT2D eigenvalue weighted by Gasteiger charge is -1.97. The molecule has 0 amide bonds. The number of fused-ring (bicyclic) bond motifs is 2. The zero-order valence-corrected chi connectivity index (χ0v) is 12.7. The second-order valence-corrected chi connectivity index (χ2v) is 5.57. The first kappa shape index (κ1) is 12.9. The number of pyridine rings is 2. The Labute approximate surface area is 135 Å². The zero-order chi connectivity index (χ0) is 16.1. The van der Waals surface area contributed by atoms with Crippen LogP contribution in [0.5, 0.6) is 0 Å². The van der Waals surface area contributed by atoms with Crippen molar-refractivity contribution in [2.75, 3.05) is 0 Å². The van der Waals surface area contributed by atoms with Crippen LogP contribution in [0.25, 0.3) is 44.7 Å². The number of H-pyrrole nitrogens is 2. The fourth-order valence-electron chi connectivity index (χ4n) is 2.78. The van der Waals surface area contributed by atoms with Crippen LogP contribution in [0, 0.1) is 0 Å². The number of imidazole rings is 1. The highest BCUT2D eigenvalue weighted by Gasteiger charge is 2.14. The molecule has 5 rings (SSSR count). The molecule has 0 bridgehead atoms. The van der Waals surface area contributed by atoms with Crippen molar-refractivity contribution in [1.29, 1.82) is 0 Å². The standard InChI is InChI=1S/C16H12N8/c1-24-8-9(5-19-24)12-4-10-13(7-18-12)22-23-15(10)16-20-11-2-3-17-6-14(11)21-16/h2-8H,1H3,(H,20,21)(H,22,23). The normalized spacial score (nSPS) is 11.5. The quantitative estimate of drug-likeness (QED) is 0.520. The molecule has 0 fully saturated rings. The van der Waals surface area contributed by atoms with E-state index in [0.29, 0.717) is 5.82 Å². The van der Waals surface area contributed by atoms with Crippen LogP contribution in [0.3, 0.4) is 0 Å². The summed E-state index contributed by atoms with van der Waals surface area (Å²) < 4.78 is 1.75. The Bertz CT molecular complexity index is 1150. The molecule has 2 N–H and O–H groups in total. The van der Waals surface area contributed by atoms with E-state index in [1.54, 1.807) is 29.5 Å². The maximum atomic E-state index is 4.60. The number of hydrogen-bond acceptors (Lipinski definition) is 5. The van der Waals surface area contributed by atoms with Crippen LogP contribution >= 0.6 is 0 Å². The lowest BCUT2D eigenvalue weighted by Crippen LogP contribution is -1.85. The molecule has 0 spiro atoms. The summed E-state index contributed by atoms with van der Waals surface area (Å²) in [7, 11) is 1.88. The fraction of sp³-hybridized carbons (Fsp3) is 0.0625. The lowest BCUT2D eigenvalue weighted by atomic mass is 10.1. The van der Waals surface area contributed by atoms with Gasteiger partial charge in [-0.15, -0.1) is 0 Å². The molecule has 0 aliphatic carbocycles. The van der Waals surface area contributed by atoms with Crippen molar-refractivity contribution in [2.45, 2.75) is 0 Å². The first-order valence-corrected chi connectivity index (χ1v) is 7.41. The highest BCUT2D eigenvalue weighted by atomic mass is 15.2. The van der Waals surface area contributed by atoms with Gasteiger partial charge in [-0.05, 0) is 12.1 Å². The van der Waals surface area contributed by atoms with Crippen LogP contribution in [0.1, 0.15) is 0 Å². The minimum atomic E-state index is 0.701. The second kappa shape index (κ2) is 4.72. The van der Waals surface area contributed by atoms with Gasteiger partial charge in [0.1, 0.15) is 5.69 Å². The summed E-state index contributed by atoms with van der Waals surface area (Å²) in [6.45, 7) is 0. The van der Waals surface area contributed by atoms with Crippen LogP contribution in [-0.4, -0.2) is 39.9 Å². The number of rotatable bonds is 2. The van der Waals surface area contributed by atoms with E-state index in [9.17, 15) is 0 Å². The molecule has 8 nitrogen and oxygen atoms in total. The Hall–Kier alpha value is -3.55. The van der Waals surface area contributed by atoms with Crippen molar-refractivity contribution in [3.05, 3.63) is 43.1 Å². The van der Waals surface area contributed by atoms with E-state index in [4.69, 9.17) is 0 Å². The van der Waals surface area contributed by atoms with Crippen molar-refractivity contribution in [2.24, 2.45) is 7.05 Å². The molecule has 5 heterocycles. The van der Waals surface area contributed by atoms with E-state index in [2.05, 4.69) is 35.2 Å². The number of aromatic amines is 2. The monoisotopic (exact) mass is 316 g/mol. The minimum absolute atomic E-state index is 0.701. The summed E-state index contributed by atoms with van der Waals surface area (Å²) in [5, 5.41) is 12.6. The van der Waals surface area contributed by atoms with Gasteiger partial charge in [-0.1, -0.05) is 0 Å². The van der Waals surface area contributed by atoms with Gasteiger partial charge in [0.05, 0.1) is 40.8 Å². The number of hydrogen-bond donors (Lipinski definition) is 2. The summed E-state index contributed by atoms with van der Waals surface area (Å²) >= 11 is 0. The largest absolute Gasteiger partial charge is 0.335 e. The van der Waals surface area contributed by atoms with Crippen LogP contribution in [0.4, 0.5) is 0 Å². The van der Waals surface area contributed by atoms with Crippen LogP contribution in [0.2, 0.25) is 0 Å². The molecule has 0 radical (unpaired) electrons. The Balaban J connectivity index is 1.70. The molecule has 5 aromatic rings. The Morgan fingerprint density at radius 3 is 2.92 bits per heavy atom. The highest BCUT2D eigenvalue weighted by molar-refractivity contribution is 5.94. The van der Waals surface area contributed by atoms with Gasteiger partial charge in [0.15, 0.2) is 5.82 Å². The van der Waals surface area contributed by atoms with Crippen molar-refractivity contribution in [3.63, 3.8) is 0 Å². The molecule has 5 aromatic heterocycles. The van der Waals surface area contributed by atoms with Crippen LogP contribution in [0.15, 0.2) is 43.1 Å². The molecule has 8 heteroatoms. The topological polar surface area (TPSA) is 101 Å². The van der Waals surface area contributed by atoms with E-state index in [-0.39, 0.29) is 0 Å². The van der Waals surface area contributed by atoms with E-state index in [0.717, 1.165) is 38.9 Å². The molecule has 0 atom stereocenters. The van der Waals surface area contributed by atoms with E-state index < -0.39 is 0 Å². The van der Waals surface area contributed by atoms with Crippen molar-refractivity contribution in [3.8, 4) is 22.8 Å². The maximum absolute atomic E-state index is 4.60. The molecule has 0 aliphatic heterocycles. The predicted octanol–water partition coefficient (Wildman–Crippen LogP) is 2.30. The zero-order valence-electron chi connectivity index (χ0n) is 12.7. The third kappa shape index (κ3) is 1.89. The molecule has 0 saturated carbocycles. The summed E-state index contributed by atoms with van der Waals surface area (Å²) in [6, 6.07) is 3.86. The highest BCUT2D eigenvalue weighted by Crippen LogP contribution is 2.28. The smallest absolute Gasteiger partial charge is 0.159 e. The average molecular weight is 316 g/mol. The molecule has 24 heavy (non-hydrogen) atoms. The molecule has 0 unspecified atom stereocenters.